The number of amides is 2. The number of hydrogen-bond acceptors (Lipinski definition) is 5. The van der Waals surface area contributed by atoms with Crippen molar-refractivity contribution in [3.05, 3.63) is 71.3 Å². The number of methoxy groups -OCH3 is 1. The van der Waals surface area contributed by atoms with E-state index in [1.807, 2.05) is 37.3 Å². The molecule has 0 spiro atoms. The zero-order valence-electron chi connectivity index (χ0n) is 18.5. The first-order chi connectivity index (χ1) is 15.3. The van der Waals surface area contributed by atoms with E-state index in [-0.39, 0.29) is 22.9 Å². The molecule has 1 aliphatic rings. The first-order valence-electron chi connectivity index (χ1n) is 10.6. The highest BCUT2D eigenvalue weighted by Crippen LogP contribution is 2.37. The molecule has 170 valence electrons. The maximum atomic E-state index is 13.2. The Bertz CT molecular complexity index is 1110. The van der Waals surface area contributed by atoms with Crippen molar-refractivity contribution in [2.45, 2.75) is 39.2 Å². The second-order valence-electron chi connectivity index (χ2n) is 7.70. The number of rotatable bonds is 9. The summed E-state index contributed by atoms with van der Waals surface area (Å²) >= 11 is 0. The molecule has 2 aromatic rings. The van der Waals surface area contributed by atoms with Crippen LogP contribution in [0.5, 0.6) is 5.75 Å². The van der Waals surface area contributed by atoms with Gasteiger partial charge in [0.15, 0.2) is 0 Å². The van der Waals surface area contributed by atoms with Gasteiger partial charge in [-0.3, -0.25) is 9.59 Å². The van der Waals surface area contributed by atoms with Gasteiger partial charge in [0.05, 0.1) is 7.11 Å². The monoisotopic (exact) mass is 456 g/mol. The maximum Gasteiger partial charge on any atom is 0.268 e. The molecule has 0 saturated carbocycles. The van der Waals surface area contributed by atoms with Crippen LogP contribution in [0.2, 0.25) is 0 Å². The largest absolute Gasteiger partial charge is 0.497 e. The van der Waals surface area contributed by atoms with Crippen LogP contribution in [0, 0.1) is 0 Å². The van der Waals surface area contributed by atoms with Gasteiger partial charge in [0.1, 0.15) is 17.2 Å². The molecular formula is C24H28N2O5S. The minimum Gasteiger partial charge on any atom is -0.497 e. The molecule has 0 radical (unpaired) electrons. The van der Waals surface area contributed by atoms with E-state index in [9.17, 15) is 18.0 Å². The fourth-order valence-corrected chi connectivity index (χ4v) is 5.52. The van der Waals surface area contributed by atoms with Crippen LogP contribution in [-0.2, 0) is 26.0 Å². The standard InChI is InChI=1S/C24H28N2O5S/c1-4-21-23(19-12-14-20(31-3)15-13-19)32(29,30)26(24(21)28)16-22(27)25-17(2)10-11-18-8-6-5-7-9-18/h5-9,12-15,17H,4,10-11,16H2,1-3H3,(H,25,27). The molecule has 8 heteroatoms. The van der Waals surface area contributed by atoms with Gasteiger partial charge < -0.3 is 10.1 Å². The molecule has 0 saturated heterocycles. The number of nitrogens with zero attached hydrogens (tertiary/aromatic N) is 1. The summed E-state index contributed by atoms with van der Waals surface area (Å²) in [6, 6.07) is 16.2. The highest BCUT2D eigenvalue weighted by atomic mass is 32.2. The van der Waals surface area contributed by atoms with Gasteiger partial charge in [-0.2, -0.15) is 0 Å². The van der Waals surface area contributed by atoms with Crippen LogP contribution in [0.15, 0.2) is 60.2 Å². The summed E-state index contributed by atoms with van der Waals surface area (Å²) in [5.74, 6) is -0.575. The lowest BCUT2D eigenvalue weighted by atomic mass is 10.1. The van der Waals surface area contributed by atoms with E-state index in [0.717, 1.165) is 12.0 Å². The molecule has 2 aromatic carbocycles. The Hall–Kier alpha value is -3.13. The Balaban J connectivity index is 1.70. The van der Waals surface area contributed by atoms with Crippen molar-refractivity contribution in [2.24, 2.45) is 0 Å². The number of nitrogens with one attached hydrogen (secondary N) is 1. The molecular weight excluding hydrogens is 428 g/mol. The van der Waals surface area contributed by atoms with Gasteiger partial charge in [0, 0.05) is 11.6 Å². The summed E-state index contributed by atoms with van der Waals surface area (Å²) in [4.78, 5) is 25.4. The van der Waals surface area contributed by atoms with Gasteiger partial charge in [-0.1, -0.05) is 37.3 Å². The molecule has 32 heavy (non-hydrogen) atoms. The van der Waals surface area contributed by atoms with E-state index in [1.54, 1.807) is 31.2 Å². The number of carbonyl (C=O) groups is 2. The highest BCUT2D eigenvalue weighted by Gasteiger charge is 2.44. The van der Waals surface area contributed by atoms with Crippen molar-refractivity contribution >= 4 is 26.7 Å². The van der Waals surface area contributed by atoms with Crippen LogP contribution >= 0.6 is 0 Å². The molecule has 3 rings (SSSR count). The maximum absolute atomic E-state index is 13.2. The molecule has 1 atom stereocenters. The Morgan fingerprint density at radius 3 is 2.34 bits per heavy atom. The zero-order chi connectivity index (χ0) is 23.3. The number of benzene rings is 2. The lowest BCUT2D eigenvalue weighted by Gasteiger charge is -2.19. The summed E-state index contributed by atoms with van der Waals surface area (Å²) in [6.07, 6.45) is 1.73. The summed E-state index contributed by atoms with van der Waals surface area (Å²) < 4.78 is 32.2. The Kier molecular flexibility index (Phi) is 7.35. The summed E-state index contributed by atoms with van der Waals surface area (Å²) in [7, 11) is -2.62. The van der Waals surface area contributed by atoms with Gasteiger partial charge in [-0.15, -0.1) is 0 Å². The quantitative estimate of drug-likeness (QED) is 0.626. The fourth-order valence-electron chi connectivity index (χ4n) is 3.71. The van der Waals surface area contributed by atoms with Crippen molar-refractivity contribution in [3.63, 3.8) is 0 Å². The lowest BCUT2D eigenvalue weighted by molar-refractivity contribution is -0.129. The van der Waals surface area contributed by atoms with E-state index < -0.39 is 28.4 Å². The second-order valence-corrected chi connectivity index (χ2v) is 9.50. The van der Waals surface area contributed by atoms with Gasteiger partial charge in [0.25, 0.3) is 15.9 Å². The SMILES string of the molecule is CCC1=C(c2ccc(OC)cc2)S(=O)(=O)N(CC(=O)NC(C)CCc2ccccc2)C1=O. The van der Waals surface area contributed by atoms with Gasteiger partial charge in [-0.25, -0.2) is 12.7 Å². The number of hydrogen-bond donors (Lipinski definition) is 1. The summed E-state index contributed by atoms with van der Waals surface area (Å²) in [6.45, 7) is 3.04. The van der Waals surface area contributed by atoms with E-state index in [4.69, 9.17) is 4.74 Å². The second kappa shape index (κ2) is 9.99. The van der Waals surface area contributed by atoms with Gasteiger partial charge in [0.2, 0.25) is 5.91 Å². The molecule has 0 aliphatic carbocycles. The number of carbonyl (C=O) groups excluding carboxylic acids is 2. The zero-order valence-corrected chi connectivity index (χ0v) is 19.3. The minimum absolute atomic E-state index is 0.0439. The van der Waals surface area contributed by atoms with Crippen LogP contribution in [0.4, 0.5) is 0 Å². The van der Waals surface area contributed by atoms with Crippen LogP contribution in [-0.4, -0.2) is 44.2 Å². The van der Waals surface area contributed by atoms with E-state index in [0.29, 0.717) is 22.0 Å². The molecule has 2 amide bonds. The van der Waals surface area contributed by atoms with Crippen molar-refractivity contribution < 1.29 is 22.7 Å². The van der Waals surface area contributed by atoms with Crippen LogP contribution in [0.3, 0.4) is 0 Å². The smallest absolute Gasteiger partial charge is 0.268 e. The Morgan fingerprint density at radius 1 is 1.09 bits per heavy atom. The van der Waals surface area contributed by atoms with Crippen LogP contribution in [0.1, 0.15) is 37.8 Å². The Labute approximate surface area is 189 Å². The number of ether oxygens (including phenoxy) is 1. The summed E-state index contributed by atoms with van der Waals surface area (Å²) in [5.41, 5.74) is 1.74. The van der Waals surface area contributed by atoms with E-state index >= 15 is 0 Å². The molecule has 0 bridgehead atoms. The van der Waals surface area contributed by atoms with E-state index in [2.05, 4.69) is 5.32 Å². The van der Waals surface area contributed by atoms with Crippen molar-refractivity contribution in [1.29, 1.82) is 0 Å². The topological polar surface area (TPSA) is 92.8 Å². The molecule has 1 heterocycles. The van der Waals surface area contributed by atoms with Crippen LogP contribution < -0.4 is 10.1 Å². The number of sulfonamides is 1. The molecule has 0 fully saturated rings. The minimum atomic E-state index is -4.14. The normalized spacial score (nSPS) is 16.2. The average molecular weight is 457 g/mol. The first-order valence-corrected chi connectivity index (χ1v) is 12.0. The van der Waals surface area contributed by atoms with Gasteiger partial charge in [-0.05, 0) is 61.6 Å². The third-order valence-corrected chi connectivity index (χ3v) is 7.29. The predicted octanol–water partition coefficient (Wildman–Crippen LogP) is 3.13. The molecule has 0 aromatic heterocycles. The van der Waals surface area contributed by atoms with Crippen LogP contribution in [0.25, 0.3) is 4.91 Å². The fraction of sp³-hybridized carbons (Fsp3) is 0.333. The molecule has 1 unspecified atom stereocenters. The van der Waals surface area contributed by atoms with Crippen molar-refractivity contribution in [1.82, 2.24) is 9.62 Å². The highest BCUT2D eigenvalue weighted by molar-refractivity contribution is 7.99. The molecule has 7 nitrogen and oxygen atoms in total. The van der Waals surface area contributed by atoms with Crippen molar-refractivity contribution in [2.75, 3.05) is 13.7 Å². The average Bonchev–Trinajstić information content (AvgIpc) is 2.98. The van der Waals surface area contributed by atoms with Crippen molar-refractivity contribution in [3.8, 4) is 5.75 Å². The third-order valence-electron chi connectivity index (χ3n) is 5.42. The van der Waals surface area contributed by atoms with Gasteiger partial charge >= 0.3 is 0 Å². The molecule has 1 aliphatic heterocycles. The predicted molar refractivity (Wildman–Crippen MR) is 123 cm³/mol. The first kappa shape index (κ1) is 23.5. The molecule has 1 N–H and O–H groups in total. The van der Waals surface area contributed by atoms with E-state index in [1.165, 1.54) is 7.11 Å². The third kappa shape index (κ3) is 5.02. The Morgan fingerprint density at radius 2 is 1.75 bits per heavy atom. The number of aryl methyl sites for hydroxylation is 1. The summed E-state index contributed by atoms with van der Waals surface area (Å²) in [5, 5.41) is 2.81. The lowest BCUT2D eigenvalue weighted by Crippen LogP contribution is -2.43.